The van der Waals surface area contributed by atoms with Crippen LogP contribution in [0.3, 0.4) is 0 Å². The molecule has 0 radical (unpaired) electrons. The largest absolute Gasteiger partial charge is 0.573 e. The molecule has 0 bridgehead atoms. The minimum atomic E-state index is -4.78. The van der Waals surface area contributed by atoms with Crippen LogP contribution in [0.2, 0.25) is 0 Å². The van der Waals surface area contributed by atoms with E-state index in [4.69, 9.17) is 5.73 Å². The second-order valence-electron chi connectivity index (χ2n) is 4.68. The molecule has 0 amide bonds. The van der Waals surface area contributed by atoms with Crippen LogP contribution in [0, 0.1) is 5.92 Å². The number of benzene rings is 1. The third-order valence-electron chi connectivity index (χ3n) is 2.41. The van der Waals surface area contributed by atoms with E-state index in [9.17, 15) is 18.0 Å². The second kappa shape index (κ2) is 6.06. The number of carbonyl (C=O) groups excluding carboxylic acids is 1. The summed E-state index contributed by atoms with van der Waals surface area (Å²) in [4.78, 5) is 11.9. The van der Waals surface area contributed by atoms with E-state index in [0.717, 1.165) is 12.1 Å². The van der Waals surface area contributed by atoms with E-state index in [-0.39, 0.29) is 17.3 Å². The average Bonchev–Trinajstić information content (AvgIpc) is 2.25. The fourth-order valence-electron chi connectivity index (χ4n) is 1.68. The Hall–Kier alpha value is -1.56. The average molecular weight is 275 g/mol. The molecule has 1 aromatic rings. The van der Waals surface area contributed by atoms with Crippen molar-refractivity contribution < 1.29 is 22.7 Å². The van der Waals surface area contributed by atoms with Crippen LogP contribution in [0.5, 0.6) is 5.75 Å². The van der Waals surface area contributed by atoms with Gasteiger partial charge in [0.25, 0.3) is 0 Å². The lowest BCUT2D eigenvalue weighted by molar-refractivity contribution is -0.274. The molecule has 1 unspecified atom stereocenters. The van der Waals surface area contributed by atoms with Gasteiger partial charge in [-0.05, 0) is 24.5 Å². The lowest BCUT2D eigenvalue weighted by Gasteiger charge is -2.14. The predicted octanol–water partition coefficient (Wildman–Crippen LogP) is 3.14. The van der Waals surface area contributed by atoms with Crippen LogP contribution >= 0.6 is 0 Å². The first-order valence-corrected chi connectivity index (χ1v) is 5.84. The molecule has 0 fully saturated rings. The molecule has 0 aliphatic rings. The van der Waals surface area contributed by atoms with Crippen molar-refractivity contribution in [2.24, 2.45) is 11.7 Å². The lowest BCUT2D eigenvalue weighted by atomic mass is 9.97. The van der Waals surface area contributed by atoms with Crippen LogP contribution < -0.4 is 10.5 Å². The summed E-state index contributed by atoms with van der Waals surface area (Å²) in [6.07, 6.45) is -4.30. The van der Waals surface area contributed by atoms with Crippen molar-refractivity contribution >= 4 is 5.78 Å². The molecule has 3 nitrogen and oxygen atoms in total. The Morgan fingerprint density at radius 1 is 1.37 bits per heavy atom. The zero-order valence-corrected chi connectivity index (χ0v) is 10.7. The normalized spacial score (nSPS) is 13.4. The van der Waals surface area contributed by atoms with Gasteiger partial charge in [0.15, 0.2) is 5.78 Å². The van der Waals surface area contributed by atoms with Crippen molar-refractivity contribution in [3.8, 4) is 5.75 Å². The van der Waals surface area contributed by atoms with Gasteiger partial charge in [-0.2, -0.15) is 0 Å². The highest BCUT2D eigenvalue weighted by molar-refractivity contribution is 6.00. The topological polar surface area (TPSA) is 52.3 Å². The van der Waals surface area contributed by atoms with E-state index in [1.807, 2.05) is 13.8 Å². The van der Waals surface area contributed by atoms with Crippen molar-refractivity contribution in [2.45, 2.75) is 32.7 Å². The number of ether oxygens (including phenoxy) is 1. The number of hydrogen-bond acceptors (Lipinski definition) is 3. The number of rotatable bonds is 5. The number of alkyl halides is 3. The third-order valence-corrected chi connectivity index (χ3v) is 2.41. The molecule has 106 valence electrons. The molecule has 0 spiro atoms. The fourth-order valence-corrected chi connectivity index (χ4v) is 1.68. The van der Waals surface area contributed by atoms with Crippen LogP contribution in [0.15, 0.2) is 24.3 Å². The van der Waals surface area contributed by atoms with Crippen molar-refractivity contribution in [1.29, 1.82) is 0 Å². The Morgan fingerprint density at radius 2 is 2.00 bits per heavy atom. The maximum atomic E-state index is 12.1. The maximum Gasteiger partial charge on any atom is 0.573 e. The number of carbonyl (C=O) groups is 1. The van der Waals surface area contributed by atoms with Crippen LogP contribution in [-0.2, 0) is 0 Å². The Morgan fingerprint density at radius 3 is 2.53 bits per heavy atom. The van der Waals surface area contributed by atoms with Crippen molar-refractivity contribution in [1.82, 2.24) is 0 Å². The Labute approximate surface area is 109 Å². The van der Waals surface area contributed by atoms with Gasteiger partial charge in [0.1, 0.15) is 5.75 Å². The molecule has 1 aromatic carbocycles. The highest BCUT2D eigenvalue weighted by Crippen LogP contribution is 2.24. The summed E-state index contributed by atoms with van der Waals surface area (Å²) in [7, 11) is 0. The van der Waals surface area contributed by atoms with Gasteiger partial charge in [-0.15, -0.1) is 13.2 Å². The summed E-state index contributed by atoms with van der Waals surface area (Å²) in [6.45, 7) is 3.83. The summed E-state index contributed by atoms with van der Waals surface area (Å²) in [5.41, 5.74) is 5.84. The first-order chi connectivity index (χ1) is 8.69. The SMILES string of the molecule is CC(C)CC(N)C(=O)c1cccc(OC(F)(F)F)c1. The number of halogens is 3. The standard InChI is InChI=1S/C13H16F3NO2/c1-8(2)6-11(17)12(18)9-4-3-5-10(7-9)19-13(14,15)16/h3-5,7-8,11H,6,17H2,1-2H3. The van der Waals surface area contributed by atoms with E-state index in [1.54, 1.807) is 0 Å². The molecular formula is C13H16F3NO2. The zero-order chi connectivity index (χ0) is 14.6. The van der Waals surface area contributed by atoms with E-state index in [2.05, 4.69) is 4.74 Å². The van der Waals surface area contributed by atoms with Gasteiger partial charge in [0.2, 0.25) is 0 Å². The lowest BCUT2D eigenvalue weighted by Crippen LogP contribution is -2.32. The summed E-state index contributed by atoms with van der Waals surface area (Å²) in [5.74, 6) is -0.579. The molecule has 6 heteroatoms. The van der Waals surface area contributed by atoms with E-state index < -0.39 is 18.2 Å². The van der Waals surface area contributed by atoms with E-state index in [0.29, 0.717) is 6.42 Å². The van der Waals surface area contributed by atoms with E-state index in [1.165, 1.54) is 12.1 Å². The predicted molar refractivity (Wildman–Crippen MR) is 64.9 cm³/mol. The van der Waals surface area contributed by atoms with Gasteiger partial charge in [-0.1, -0.05) is 26.0 Å². The molecule has 0 aliphatic heterocycles. The van der Waals surface area contributed by atoms with Gasteiger partial charge >= 0.3 is 6.36 Å². The zero-order valence-electron chi connectivity index (χ0n) is 10.7. The highest BCUT2D eigenvalue weighted by Gasteiger charge is 2.31. The summed E-state index contributed by atoms with van der Waals surface area (Å²) in [5, 5.41) is 0. The van der Waals surface area contributed by atoms with Gasteiger partial charge in [0, 0.05) is 5.56 Å². The molecule has 0 aromatic heterocycles. The first-order valence-electron chi connectivity index (χ1n) is 5.84. The number of nitrogens with two attached hydrogens (primary N) is 1. The molecule has 1 rings (SSSR count). The highest BCUT2D eigenvalue weighted by atomic mass is 19.4. The van der Waals surface area contributed by atoms with Crippen LogP contribution in [0.1, 0.15) is 30.6 Å². The Kier molecular flexibility index (Phi) is 4.94. The molecule has 19 heavy (non-hydrogen) atoms. The van der Waals surface area contributed by atoms with Crippen molar-refractivity contribution in [3.05, 3.63) is 29.8 Å². The minimum Gasteiger partial charge on any atom is -0.406 e. The summed E-state index contributed by atoms with van der Waals surface area (Å²) >= 11 is 0. The second-order valence-corrected chi connectivity index (χ2v) is 4.68. The number of ketones is 1. The monoisotopic (exact) mass is 275 g/mol. The molecule has 0 heterocycles. The van der Waals surface area contributed by atoms with Crippen LogP contribution in [0.4, 0.5) is 13.2 Å². The first kappa shape index (κ1) is 15.5. The molecule has 0 aliphatic carbocycles. The Balaban J connectivity index is 2.84. The summed E-state index contributed by atoms with van der Waals surface area (Å²) < 4.78 is 40.0. The molecule has 2 N–H and O–H groups in total. The smallest absolute Gasteiger partial charge is 0.406 e. The van der Waals surface area contributed by atoms with Crippen molar-refractivity contribution in [2.75, 3.05) is 0 Å². The quantitative estimate of drug-likeness (QED) is 0.840. The molecule has 0 saturated heterocycles. The van der Waals surface area contributed by atoms with Gasteiger partial charge < -0.3 is 10.5 Å². The number of Topliss-reactive ketones (excluding diaryl/α,β-unsaturated/α-hetero) is 1. The molecule has 0 saturated carbocycles. The van der Waals surface area contributed by atoms with Crippen LogP contribution in [-0.4, -0.2) is 18.2 Å². The van der Waals surface area contributed by atoms with Gasteiger partial charge in [0.05, 0.1) is 6.04 Å². The number of hydrogen-bond donors (Lipinski definition) is 1. The van der Waals surface area contributed by atoms with Crippen LogP contribution in [0.25, 0.3) is 0 Å². The molecular weight excluding hydrogens is 259 g/mol. The summed E-state index contributed by atoms with van der Waals surface area (Å²) in [6, 6.07) is 4.22. The third kappa shape index (κ3) is 5.30. The van der Waals surface area contributed by atoms with E-state index >= 15 is 0 Å². The molecule has 1 atom stereocenters. The minimum absolute atomic E-state index is 0.120. The van der Waals surface area contributed by atoms with Crippen molar-refractivity contribution in [3.63, 3.8) is 0 Å². The maximum absolute atomic E-state index is 12.1. The van der Waals surface area contributed by atoms with Gasteiger partial charge in [-0.25, -0.2) is 0 Å². The van der Waals surface area contributed by atoms with Gasteiger partial charge in [-0.3, -0.25) is 4.79 Å². The Bertz CT molecular complexity index is 444. The fraction of sp³-hybridized carbons (Fsp3) is 0.462.